The molecule has 29 heavy (non-hydrogen) atoms. The molecule has 2 aromatic carbocycles. The highest BCUT2D eigenvalue weighted by molar-refractivity contribution is 5.95. The highest BCUT2D eigenvalue weighted by Crippen LogP contribution is 2.32. The standard InChI is InChI=1S/C19H18N4O6/c24-19(14-2-4-17-18(10-14)29-12-28-17)21-20-11-13-1-3-15(16(9-13)23(25)26)22-5-7-27-8-6-22/h1-4,9-11H,5-8,12H2,(H,21,24)/b20-11-. The fraction of sp³-hybridized carbons (Fsp3) is 0.263. The third kappa shape index (κ3) is 4.11. The van der Waals surface area contributed by atoms with Crippen molar-refractivity contribution in [3.05, 3.63) is 57.6 Å². The Bertz CT molecular complexity index is 971. The number of ether oxygens (including phenoxy) is 3. The molecule has 0 aromatic heterocycles. The van der Waals surface area contributed by atoms with Gasteiger partial charge in [-0.3, -0.25) is 14.9 Å². The van der Waals surface area contributed by atoms with Crippen LogP contribution >= 0.6 is 0 Å². The number of hydrogen-bond donors (Lipinski definition) is 1. The molecule has 0 radical (unpaired) electrons. The molecule has 0 aliphatic carbocycles. The fourth-order valence-corrected chi connectivity index (χ4v) is 3.11. The molecule has 1 fully saturated rings. The van der Waals surface area contributed by atoms with Gasteiger partial charge in [-0.25, -0.2) is 5.43 Å². The summed E-state index contributed by atoms with van der Waals surface area (Å²) >= 11 is 0. The minimum Gasteiger partial charge on any atom is -0.454 e. The fourth-order valence-electron chi connectivity index (χ4n) is 3.11. The quantitative estimate of drug-likeness (QED) is 0.465. The van der Waals surface area contributed by atoms with E-state index in [1.807, 2.05) is 4.90 Å². The highest BCUT2D eigenvalue weighted by Gasteiger charge is 2.21. The lowest BCUT2D eigenvalue weighted by atomic mass is 10.1. The van der Waals surface area contributed by atoms with Crippen molar-refractivity contribution < 1.29 is 23.9 Å². The molecule has 150 valence electrons. The molecular formula is C19H18N4O6. The number of benzene rings is 2. The van der Waals surface area contributed by atoms with Crippen LogP contribution in [-0.4, -0.2) is 50.1 Å². The lowest BCUT2D eigenvalue weighted by Gasteiger charge is -2.28. The van der Waals surface area contributed by atoms with E-state index < -0.39 is 10.8 Å². The van der Waals surface area contributed by atoms with Gasteiger partial charge in [-0.15, -0.1) is 0 Å². The first-order valence-corrected chi connectivity index (χ1v) is 8.96. The monoisotopic (exact) mass is 398 g/mol. The van der Waals surface area contributed by atoms with Crippen molar-refractivity contribution in [1.29, 1.82) is 0 Å². The summed E-state index contributed by atoms with van der Waals surface area (Å²) in [6.45, 7) is 2.38. The number of carbonyl (C=O) groups is 1. The molecule has 10 heteroatoms. The maximum Gasteiger partial charge on any atom is 0.293 e. The normalized spacial score (nSPS) is 15.5. The van der Waals surface area contributed by atoms with Gasteiger partial charge in [-0.2, -0.15) is 5.10 Å². The molecule has 0 saturated carbocycles. The molecule has 0 spiro atoms. The zero-order valence-electron chi connectivity index (χ0n) is 15.4. The molecule has 1 saturated heterocycles. The van der Waals surface area contributed by atoms with Crippen LogP contribution in [0.4, 0.5) is 11.4 Å². The van der Waals surface area contributed by atoms with Crippen molar-refractivity contribution in [1.82, 2.24) is 5.43 Å². The van der Waals surface area contributed by atoms with E-state index in [0.29, 0.717) is 54.6 Å². The number of nitro groups is 1. The van der Waals surface area contributed by atoms with Crippen LogP contribution in [0.5, 0.6) is 11.5 Å². The molecule has 2 aliphatic rings. The summed E-state index contributed by atoms with van der Waals surface area (Å²) in [5, 5.41) is 15.4. The van der Waals surface area contributed by atoms with Crippen LogP contribution in [0.25, 0.3) is 0 Å². The average molecular weight is 398 g/mol. The summed E-state index contributed by atoms with van der Waals surface area (Å²) in [5.74, 6) is 0.646. The van der Waals surface area contributed by atoms with E-state index in [1.54, 1.807) is 30.3 Å². The van der Waals surface area contributed by atoms with Crippen molar-refractivity contribution in [2.45, 2.75) is 0 Å². The lowest BCUT2D eigenvalue weighted by molar-refractivity contribution is -0.384. The van der Waals surface area contributed by atoms with Crippen LogP contribution in [0.15, 0.2) is 41.5 Å². The summed E-state index contributed by atoms with van der Waals surface area (Å²) in [6.07, 6.45) is 1.36. The molecule has 2 heterocycles. The molecule has 0 unspecified atom stereocenters. The summed E-state index contributed by atoms with van der Waals surface area (Å²) in [5.41, 5.74) is 3.79. The lowest BCUT2D eigenvalue weighted by Crippen LogP contribution is -2.36. The van der Waals surface area contributed by atoms with Gasteiger partial charge in [-0.05, 0) is 24.3 Å². The van der Waals surface area contributed by atoms with Gasteiger partial charge in [0.15, 0.2) is 11.5 Å². The number of carbonyl (C=O) groups excluding carboxylic acids is 1. The molecule has 10 nitrogen and oxygen atoms in total. The minimum absolute atomic E-state index is 0.0158. The van der Waals surface area contributed by atoms with E-state index in [4.69, 9.17) is 14.2 Å². The summed E-state index contributed by atoms with van der Waals surface area (Å²) in [7, 11) is 0. The second-order valence-electron chi connectivity index (χ2n) is 6.37. The smallest absolute Gasteiger partial charge is 0.293 e. The molecule has 2 aliphatic heterocycles. The summed E-state index contributed by atoms with van der Waals surface area (Å²) < 4.78 is 15.7. The van der Waals surface area contributed by atoms with Crippen molar-refractivity contribution in [3.8, 4) is 11.5 Å². The van der Waals surface area contributed by atoms with Gasteiger partial charge in [0.1, 0.15) is 5.69 Å². The number of rotatable bonds is 5. The minimum atomic E-state index is -0.431. The molecule has 0 atom stereocenters. The van der Waals surface area contributed by atoms with Crippen LogP contribution in [0.2, 0.25) is 0 Å². The van der Waals surface area contributed by atoms with Crippen molar-refractivity contribution in [2.75, 3.05) is 38.0 Å². The Morgan fingerprint density at radius 1 is 1.14 bits per heavy atom. The van der Waals surface area contributed by atoms with Crippen molar-refractivity contribution in [3.63, 3.8) is 0 Å². The number of nitrogens with zero attached hydrogens (tertiary/aromatic N) is 3. The third-order valence-electron chi connectivity index (χ3n) is 4.56. The molecular weight excluding hydrogens is 380 g/mol. The van der Waals surface area contributed by atoms with Crippen LogP contribution in [0, 0.1) is 10.1 Å². The topological polar surface area (TPSA) is 116 Å². The Hall–Kier alpha value is -3.66. The van der Waals surface area contributed by atoms with E-state index in [2.05, 4.69) is 10.5 Å². The molecule has 0 bridgehead atoms. The Morgan fingerprint density at radius 2 is 1.93 bits per heavy atom. The van der Waals surface area contributed by atoms with Crippen LogP contribution in [-0.2, 0) is 4.74 Å². The van der Waals surface area contributed by atoms with E-state index >= 15 is 0 Å². The van der Waals surface area contributed by atoms with Crippen molar-refractivity contribution in [2.24, 2.45) is 5.10 Å². The zero-order chi connectivity index (χ0) is 20.2. The first kappa shape index (κ1) is 18.7. The number of nitrogens with one attached hydrogen (secondary N) is 1. The Kier molecular flexibility index (Phi) is 5.25. The van der Waals surface area contributed by atoms with Gasteiger partial charge in [0.2, 0.25) is 6.79 Å². The Balaban J connectivity index is 1.45. The number of hydrogen-bond acceptors (Lipinski definition) is 8. The second kappa shape index (κ2) is 8.15. The van der Waals surface area contributed by atoms with Gasteiger partial charge < -0.3 is 19.1 Å². The first-order valence-electron chi connectivity index (χ1n) is 8.96. The van der Waals surface area contributed by atoms with Gasteiger partial charge in [-0.1, -0.05) is 6.07 Å². The summed E-state index contributed by atoms with van der Waals surface area (Å²) in [6, 6.07) is 9.64. The number of morpholine rings is 1. The third-order valence-corrected chi connectivity index (χ3v) is 4.56. The van der Waals surface area contributed by atoms with Crippen LogP contribution < -0.4 is 19.8 Å². The van der Waals surface area contributed by atoms with E-state index in [9.17, 15) is 14.9 Å². The van der Waals surface area contributed by atoms with Gasteiger partial charge >= 0.3 is 0 Å². The van der Waals surface area contributed by atoms with Crippen molar-refractivity contribution >= 4 is 23.5 Å². The number of nitro benzene ring substituents is 1. The molecule has 4 rings (SSSR count). The van der Waals surface area contributed by atoms with E-state index in [-0.39, 0.29) is 12.5 Å². The predicted molar refractivity (Wildman–Crippen MR) is 104 cm³/mol. The maximum atomic E-state index is 12.2. The van der Waals surface area contributed by atoms with Crippen LogP contribution in [0.1, 0.15) is 15.9 Å². The molecule has 1 N–H and O–H groups in total. The van der Waals surface area contributed by atoms with Crippen LogP contribution in [0.3, 0.4) is 0 Å². The summed E-state index contributed by atoms with van der Waals surface area (Å²) in [4.78, 5) is 25.2. The maximum absolute atomic E-state index is 12.2. The highest BCUT2D eigenvalue weighted by atomic mass is 16.7. The Labute approximate surface area is 165 Å². The molecule has 2 aromatic rings. The van der Waals surface area contributed by atoms with Gasteiger partial charge in [0.05, 0.1) is 24.4 Å². The number of amides is 1. The number of hydrazone groups is 1. The second-order valence-corrected chi connectivity index (χ2v) is 6.37. The number of fused-ring (bicyclic) bond motifs is 1. The first-order chi connectivity index (χ1) is 14.1. The average Bonchev–Trinajstić information content (AvgIpc) is 3.22. The van der Waals surface area contributed by atoms with Gasteiger partial charge in [0, 0.05) is 30.3 Å². The zero-order valence-corrected chi connectivity index (χ0v) is 15.4. The van der Waals surface area contributed by atoms with E-state index in [0.717, 1.165) is 0 Å². The Morgan fingerprint density at radius 3 is 2.72 bits per heavy atom. The predicted octanol–water partition coefficient (Wildman–Crippen LogP) is 1.92. The van der Waals surface area contributed by atoms with Gasteiger partial charge in [0.25, 0.3) is 11.6 Å². The largest absolute Gasteiger partial charge is 0.454 e. The number of anilines is 1. The molecule has 1 amide bonds. The van der Waals surface area contributed by atoms with E-state index in [1.165, 1.54) is 12.3 Å². The SMILES string of the molecule is O=C(N/N=C\c1ccc(N2CCOCC2)c([N+](=O)[O-])c1)c1ccc2c(c1)OCO2.